The quantitative estimate of drug-likeness (QED) is 0.684. The highest BCUT2D eigenvalue weighted by Gasteiger charge is 2.44. The van der Waals surface area contributed by atoms with E-state index in [1.165, 1.54) is 6.20 Å². The van der Waals surface area contributed by atoms with E-state index in [9.17, 15) is 9.50 Å². The number of hydrogen-bond acceptors (Lipinski definition) is 7. The van der Waals surface area contributed by atoms with Crippen LogP contribution in [-0.4, -0.2) is 61.3 Å². The molecule has 8 nitrogen and oxygen atoms in total. The summed E-state index contributed by atoms with van der Waals surface area (Å²) in [5.41, 5.74) is 2.39. The molecule has 5 rings (SSSR count). The molecule has 2 N–H and O–H groups in total. The smallest absolute Gasteiger partial charge is 0.174 e. The molecule has 2 aliphatic rings. The summed E-state index contributed by atoms with van der Waals surface area (Å²) >= 11 is 0. The highest BCUT2D eigenvalue weighted by atomic mass is 19.1. The summed E-state index contributed by atoms with van der Waals surface area (Å²) in [7, 11) is 1.66. The summed E-state index contributed by atoms with van der Waals surface area (Å²) in [5.74, 6) is 0.411. The van der Waals surface area contributed by atoms with Crippen molar-refractivity contribution in [3.8, 4) is 22.7 Å². The molecule has 0 amide bonds. The fourth-order valence-corrected chi connectivity index (χ4v) is 4.23. The van der Waals surface area contributed by atoms with E-state index in [-0.39, 0.29) is 23.9 Å². The molecule has 1 aromatic carbocycles. The zero-order valence-electron chi connectivity index (χ0n) is 16.3. The Balaban J connectivity index is 1.37. The number of nitrogens with one attached hydrogen (secondary N) is 1. The molecule has 0 spiro atoms. The number of piperidine rings is 1. The number of ether oxygens (including phenoxy) is 1. The fraction of sp³-hybridized carbons (Fsp3) is 0.333. The molecule has 0 aliphatic carbocycles. The van der Waals surface area contributed by atoms with Gasteiger partial charge in [0.1, 0.15) is 17.6 Å². The van der Waals surface area contributed by atoms with Crippen LogP contribution in [-0.2, 0) is 4.74 Å². The van der Waals surface area contributed by atoms with E-state index >= 15 is 0 Å². The minimum Gasteiger partial charge on any atom is -0.507 e. The number of benzene rings is 1. The Bertz CT molecular complexity index is 1070. The van der Waals surface area contributed by atoms with Gasteiger partial charge in [-0.25, -0.2) is 14.4 Å². The second kappa shape index (κ2) is 7.58. The van der Waals surface area contributed by atoms with Gasteiger partial charge in [-0.15, -0.1) is 10.2 Å². The van der Waals surface area contributed by atoms with Gasteiger partial charge in [-0.05, 0) is 36.6 Å². The normalized spacial score (nSPS) is 26.9. The Kier molecular flexibility index (Phi) is 4.76. The van der Waals surface area contributed by atoms with Crippen LogP contribution < -0.4 is 5.32 Å². The van der Waals surface area contributed by atoms with E-state index in [4.69, 9.17) is 4.74 Å². The van der Waals surface area contributed by atoms with E-state index < -0.39 is 6.17 Å². The van der Waals surface area contributed by atoms with Crippen molar-refractivity contribution in [2.45, 2.75) is 37.2 Å². The molecule has 4 heterocycles. The molecule has 0 saturated carbocycles. The number of rotatable bonds is 4. The molecule has 3 aromatic rings. The summed E-state index contributed by atoms with van der Waals surface area (Å²) in [6, 6.07) is 5.09. The Labute approximate surface area is 172 Å². The average molecular weight is 408 g/mol. The molecule has 2 saturated heterocycles. The van der Waals surface area contributed by atoms with Gasteiger partial charge in [-0.3, -0.25) is 0 Å². The number of methoxy groups -OCH3 is 1. The van der Waals surface area contributed by atoms with Crippen LogP contribution in [0, 0.1) is 0 Å². The number of alkyl halides is 1. The number of aromatic hydroxyl groups is 1. The first kappa shape index (κ1) is 18.8. The molecular formula is C21H21FN6O2. The first-order chi connectivity index (χ1) is 14.6. The van der Waals surface area contributed by atoms with Crippen molar-refractivity contribution < 1.29 is 14.2 Å². The lowest BCUT2D eigenvalue weighted by molar-refractivity contribution is 0.0927. The molecule has 1 unspecified atom stereocenters. The zero-order valence-corrected chi connectivity index (χ0v) is 16.3. The zero-order chi connectivity index (χ0) is 20.7. The molecule has 2 bridgehead atoms. The monoisotopic (exact) mass is 408 g/mol. The molecule has 154 valence electrons. The van der Waals surface area contributed by atoms with Crippen LogP contribution in [0.15, 0.2) is 48.7 Å². The van der Waals surface area contributed by atoms with Crippen molar-refractivity contribution in [3.63, 3.8) is 0 Å². The molecule has 4 atom stereocenters. The fourth-order valence-electron chi connectivity index (χ4n) is 4.23. The van der Waals surface area contributed by atoms with Crippen LogP contribution in [0.4, 0.5) is 4.39 Å². The maximum Gasteiger partial charge on any atom is 0.174 e. The largest absolute Gasteiger partial charge is 0.507 e. The lowest BCUT2D eigenvalue weighted by Gasteiger charge is -2.27. The number of hydrogen-bond donors (Lipinski definition) is 2. The predicted molar refractivity (Wildman–Crippen MR) is 108 cm³/mol. The van der Waals surface area contributed by atoms with Crippen molar-refractivity contribution in [2.75, 3.05) is 7.11 Å². The lowest BCUT2D eigenvalue weighted by Crippen LogP contribution is -2.44. The maximum absolute atomic E-state index is 14.8. The van der Waals surface area contributed by atoms with Gasteiger partial charge in [0, 0.05) is 43.2 Å². The SMILES string of the molecule is CO[C@@H]1C[C@@H]2NC1C/C(=C\c1ncc(-c3ccc(-n4ccnc4)cc3O)nn1)[C@@H]2F. The highest BCUT2D eigenvalue weighted by molar-refractivity contribution is 5.68. The predicted octanol–water partition coefficient (Wildman–Crippen LogP) is 2.30. The van der Waals surface area contributed by atoms with Gasteiger partial charge in [-0.1, -0.05) is 0 Å². The minimum atomic E-state index is -1.09. The summed E-state index contributed by atoms with van der Waals surface area (Å²) < 4.78 is 22.0. The Morgan fingerprint density at radius 2 is 2.20 bits per heavy atom. The molecule has 9 heteroatoms. The van der Waals surface area contributed by atoms with Gasteiger partial charge >= 0.3 is 0 Å². The van der Waals surface area contributed by atoms with E-state index in [0.717, 1.165) is 5.69 Å². The maximum atomic E-state index is 14.8. The van der Waals surface area contributed by atoms with E-state index in [1.807, 2.05) is 6.07 Å². The van der Waals surface area contributed by atoms with Crippen LogP contribution in [0.5, 0.6) is 5.75 Å². The van der Waals surface area contributed by atoms with Crippen LogP contribution in [0.3, 0.4) is 0 Å². The van der Waals surface area contributed by atoms with Crippen molar-refractivity contribution in [3.05, 3.63) is 54.5 Å². The number of phenolic OH excluding ortho intramolecular Hbond substituents is 1. The second-order valence-corrected chi connectivity index (χ2v) is 7.59. The number of nitrogens with zero attached hydrogens (tertiary/aromatic N) is 5. The Morgan fingerprint density at radius 1 is 1.30 bits per heavy atom. The number of halogens is 1. The molecule has 2 fully saturated rings. The highest BCUT2D eigenvalue weighted by Crippen LogP contribution is 2.35. The second-order valence-electron chi connectivity index (χ2n) is 7.59. The van der Waals surface area contributed by atoms with Crippen LogP contribution in [0.1, 0.15) is 18.7 Å². The van der Waals surface area contributed by atoms with E-state index in [1.54, 1.807) is 48.6 Å². The standard InChI is InChI=1S/C21H21FN6O2/c1-30-19-9-16-21(22)12(6-15(19)25-16)7-20-24-10-17(26-27-20)14-3-2-13(8-18(14)29)28-5-4-23-11-28/h2-5,7-8,10-11,15-16,19,21,25,29H,6,9H2,1H3/b12-7+/t15?,16-,19+,21-/m0/s1. The lowest BCUT2D eigenvalue weighted by atomic mass is 9.96. The van der Waals surface area contributed by atoms with Gasteiger partial charge in [0.15, 0.2) is 5.82 Å². The van der Waals surface area contributed by atoms with Crippen molar-refractivity contribution in [2.24, 2.45) is 0 Å². The number of fused-ring (bicyclic) bond motifs is 2. The first-order valence-electron chi connectivity index (χ1n) is 9.77. The number of phenols is 1. The Morgan fingerprint density at radius 3 is 2.90 bits per heavy atom. The Hall–Kier alpha value is -3.17. The van der Waals surface area contributed by atoms with Gasteiger partial charge < -0.3 is 19.7 Å². The topological polar surface area (TPSA) is 98.0 Å². The molecule has 2 aliphatic heterocycles. The average Bonchev–Trinajstić information content (AvgIpc) is 3.41. The number of imidazole rings is 1. The summed E-state index contributed by atoms with van der Waals surface area (Å²) in [4.78, 5) is 8.31. The van der Waals surface area contributed by atoms with Crippen LogP contribution in [0.2, 0.25) is 0 Å². The summed E-state index contributed by atoms with van der Waals surface area (Å²) in [6.45, 7) is 0. The summed E-state index contributed by atoms with van der Waals surface area (Å²) in [6.07, 6.45) is 8.45. The third-order valence-corrected chi connectivity index (χ3v) is 5.78. The van der Waals surface area contributed by atoms with Crippen LogP contribution in [0.25, 0.3) is 23.0 Å². The first-order valence-corrected chi connectivity index (χ1v) is 9.77. The molecule has 2 aromatic heterocycles. The molecular weight excluding hydrogens is 387 g/mol. The van der Waals surface area contributed by atoms with Gasteiger partial charge in [0.25, 0.3) is 0 Å². The van der Waals surface area contributed by atoms with Gasteiger partial charge in [0.2, 0.25) is 0 Å². The molecule has 30 heavy (non-hydrogen) atoms. The molecule has 0 radical (unpaired) electrons. The number of aromatic nitrogens is 5. The van der Waals surface area contributed by atoms with E-state index in [2.05, 4.69) is 25.5 Å². The minimum absolute atomic E-state index is 0.0221. The third kappa shape index (κ3) is 3.35. The third-order valence-electron chi connectivity index (χ3n) is 5.78. The van der Waals surface area contributed by atoms with Gasteiger partial charge in [-0.2, -0.15) is 0 Å². The van der Waals surface area contributed by atoms with Gasteiger partial charge in [0.05, 0.1) is 24.3 Å². The van der Waals surface area contributed by atoms with Crippen molar-refractivity contribution in [1.82, 2.24) is 30.0 Å². The summed E-state index contributed by atoms with van der Waals surface area (Å²) in [5, 5.41) is 22.0. The van der Waals surface area contributed by atoms with E-state index in [0.29, 0.717) is 35.5 Å². The van der Waals surface area contributed by atoms with Crippen molar-refractivity contribution >= 4 is 6.08 Å². The van der Waals surface area contributed by atoms with Crippen LogP contribution >= 0.6 is 0 Å². The van der Waals surface area contributed by atoms with Crippen molar-refractivity contribution in [1.29, 1.82) is 0 Å².